The molecule has 2 aromatic carbocycles. The summed E-state index contributed by atoms with van der Waals surface area (Å²) in [5.41, 5.74) is 6.05. The molecule has 0 aliphatic heterocycles. The Balaban J connectivity index is 1.55. The van der Waals surface area contributed by atoms with Crippen LogP contribution in [0.4, 0.5) is 0 Å². The summed E-state index contributed by atoms with van der Waals surface area (Å²) in [4.78, 5) is 17.7. The van der Waals surface area contributed by atoms with E-state index in [0.717, 1.165) is 22.0 Å². The number of amides is 1. The van der Waals surface area contributed by atoms with Crippen LogP contribution in [0.5, 0.6) is 5.75 Å². The molecule has 4 rings (SSSR count). The van der Waals surface area contributed by atoms with Crippen LogP contribution in [-0.2, 0) is 7.05 Å². The molecule has 152 valence electrons. The molecule has 0 fully saturated rings. The van der Waals surface area contributed by atoms with Crippen molar-refractivity contribution in [1.82, 2.24) is 15.0 Å². The summed E-state index contributed by atoms with van der Waals surface area (Å²) in [6.07, 6.45) is 3.65. The lowest BCUT2D eigenvalue weighted by atomic mass is 10.1. The molecule has 2 heterocycles. The van der Waals surface area contributed by atoms with Crippen molar-refractivity contribution in [2.45, 2.75) is 6.92 Å². The quantitative estimate of drug-likeness (QED) is 0.350. The molecule has 0 radical (unpaired) electrons. The van der Waals surface area contributed by atoms with Crippen LogP contribution in [0.3, 0.4) is 0 Å². The first-order valence-electron chi connectivity index (χ1n) is 9.16. The SMILES string of the molecule is COc1cc(Cl)ccc1-c1nc(C)c(C(=O)NN=Cc2cccc3c2ccn3C)s1. The summed E-state index contributed by atoms with van der Waals surface area (Å²) in [5.74, 6) is 0.304. The van der Waals surface area contributed by atoms with Gasteiger partial charge in [-0.25, -0.2) is 10.4 Å². The molecule has 0 saturated heterocycles. The average molecular weight is 439 g/mol. The molecule has 4 aromatic rings. The fraction of sp³-hybridized carbons (Fsp3) is 0.136. The van der Waals surface area contributed by atoms with Crippen molar-refractivity contribution in [3.63, 3.8) is 0 Å². The lowest BCUT2D eigenvalue weighted by molar-refractivity contribution is 0.0958. The van der Waals surface area contributed by atoms with E-state index in [1.165, 1.54) is 11.3 Å². The number of fused-ring (bicyclic) bond motifs is 1. The molecule has 0 unspecified atom stereocenters. The smallest absolute Gasteiger partial charge is 0.283 e. The minimum Gasteiger partial charge on any atom is -0.496 e. The number of nitrogens with one attached hydrogen (secondary N) is 1. The average Bonchev–Trinajstić information content (AvgIpc) is 3.31. The van der Waals surface area contributed by atoms with Gasteiger partial charge in [0.25, 0.3) is 5.91 Å². The Bertz CT molecular complexity index is 1280. The zero-order valence-electron chi connectivity index (χ0n) is 16.6. The van der Waals surface area contributed by atoms with Crippen molar-refractivity contribution in [3.8, 4) is 16.3 Å². The van der Waals surface area contributed by atoms with Gasteiger partial charge in [-0.3, -0.25) is 4.79 Å². The molecule has 1 N–H and O–H groups in total. The number of hydrazone groups is 1. The minimum absolute atomic E-state index is 0.305. The molecule has 0 aliphatic carbocycles. The fourth-order valence-corrected chi connectivity index (χ4v) is 4.36. The molecular formula is C22H19ClN4O2S. The highest BCUT2D eigenvalue weighted by Gasteiger charge is 2.18. The number of methoxy groups -OCH3 is 1. The van der Waals surface area contributed by atoms with Crippen LogP contribution in [0, 0.1) is 6.92 Å². The van der Waals surface area contributed by atoms with E-state index in [1.807, 2.05) is 48.1 Å². The number of carbonyl (C=O) groups excluding carboxylic acids is 1. The predicted octanol–water partition coefficient (Wildman–Crippen LogP) is 5.04. The van der Waals surface area contributed by atoms with Gasteiger partial charge in [0.05, 0.1) is 24.6 Å². The summed E-state index contributed by atoms with van der Waals surface area (Å²) >= 11 is 7.32. The third-order valence-corrected chi connectivity index (χ3v) is 6.15. The van der Waals surface area contributed by atoms with Crippen LogP contribution in [0.1, 0.15) is 20.9 Å². The highest BCUT2D eigenvalue weighted by atomic mass is 35.5. The maximum absolute atomic E-state index is 12.7. The van der Waals surface area contributed by atoms with E-state index in [4.69, 9.17) is 16.3 Å². The van der Waals surface area contributed by atoms with Crippen molar-refractivity contribution in [1.29, 1.82) is 0 Å². The van der Waals surface area contributed by atoms with Crippen LogP contribution in [0.2, 0.25) is 5.02 Å². The van der Waals surface area contributed by atoms with Gasteiger partial charge in [0.2, 0.25) is 0 Å². The molecule has 0 atom stereocenters. The van der Waals surface area contributed by atoms with Crippen LogP contribution >= 0.6 is 22.9 Å². The van der Waals surface area contributed by atoms with E-state index in [0.29, 0.717) is 26.4 Å². The van der Waals surface area contributed by atoms with E-state index in [9.17, 15) is 4.79 Å². The van der Waals surface area contributed by atoms with E-state index in [2.05, 4.69) is 15.5 Å². The van der Waals surface area contributed by atoms with Gasteiger partial charge in [0, 0.05) is 34.7 Å². The first kappa shape index (κ1) is 20.1. The zero-order chi connectivity index (χ0) is 21.3. The minimum atomic E-state index is -0.305. The van der Waals surface area contributed by atoms with Gasteiger partial charge in [0.15, 0.2) is 0 Å². The summed E-state index contributed by atoms with van der Waals surface area (Å²) in [6.45, 7) is 1.80. The second-order valence-electron chi connectivity index (χ2n) is 6.68. The Hall–Kier alpha value is -3.16. The zero-order valence-corrected chi connectivity index (χ0v) is 18.2. The molecular weight excluding hydrogens is 420 g/mol. The number of ether oxygens (including phenoxy) is 1. The normalized spacial score (nSPS) is 11.3. The number of hydrogen-bond acceptors (Lipinski definition) is 5. The Morgan fingerprint density at radius 3 is 2.93 bits per heavy atom. The maximum Gasteiger partial charge on any atom is 0.283 e. The number of aromatic nitrogens is 2. The number of carbonyl (C=O) groups is 1. The standard InChI is InChI=1S/C22H19ClN4O2S/c1-13-20(30-22(25-13)17-8-7-15(23)11-19(17)29-3)21(28)26-24-12-14-5-4-6-18-16(14)9-10-27(18)2/h4-12H,1-3H3,(H,26,28). The third kappa shape index (κ3) is 3.81. The van der Waals surface area contributed by atoms with Gasteiger partial charge in [-0.2, -0.15) is 5.10 Å². The van der Waals surface area contributed by atoms with Crippen LogP contribution < -0.4 is 10.2 Å². The number of nitrogens with zero attached hydrogens (tertiary/aromatic N) is 3. The molecule has 0 saturated carbocycles. The molecule has 8 heteroatoms. The largest absolute Gasteiger partial charge is 0.496 e. The number of benzene rings is 2. The van der Waals surface area contributed by atoms with Gasteiger partial charge >= 0.3 is 0 Å². The van der Waals surface area contributed by atoms with Crippen molar-refractivity contribution in [2.75, 3.05) is 7.11 Å². The number of hydrogen-bond donors (Lipinski definition) is 1. The number of rotatable bonds is 5. The third-order valence-electron chi connectivity index (χ3n) is 4.73. The highest BCUT2D eigenvalue weighted by molar-refractivity contribution is 7.17. The molecule has 0 bridgehead atoms. The number of aryl methyl sites for hydroxylation is 2. The Labute approximate surface area is 182 Å². The van der Waals surface area contributed by atoms with E-state index in [-0.39, 0.29) is 5.91 Å². The van der Waals surface area contributed by atoms with Crippen LogP contribution in [0.15, 0.2) is 53.8 Å². The maximum atomic E-state index is 12.7. The second-order valence-corrected chi connectivity index (χ2v) is 8.12. The summed E-state index contributed by atoms with van der Waals surface area (Å²) in [5, 5.41) is 6.48. The van der Waals surface area contributed by atoms with Gasteiger partial charge in [0.1, 0.15) is 15.6 Å². The molecule has 1 amide bonds. The summed E-state index contributed by atoms with van der Waals surface area (Å²) < 4.78 is 7.44. The Morgan fingerprint density at radius 1 is 1.30 bits per heavy atom. The van der Waals surface area contributed by atoms with E-state index >= 15 is 0 Å². The fourth-order valence-electron chi connectivity index (χ4n) is 3.21. The molecule has 0 spiro atoms. The van der Waals surface area contributed by atoms with Gasteiger partial charge in [-0.1, -0.05) is 23.7 Å². The topological polar surface area (TPSA) is 68.5 Å². The summed E-state index contributed by atoms with van der Waals surface area (Å²) in [6, 6.07) is 13.3. The monoisotopic (exact) mass is 438 g/mol. The second kappa shape index (κ2) is 8.30. The first-order chi connectivity index (χ1) is 14.5. The molecule has 6 nitrogen and oxygen atoms in total. The van der Waals surface area contributed by atoms with E-state index < -0.39 is 0 Å². The molecule has 0 aliphatic rings. The van der Waals surface area contributed by atoms with E-state index in [1.54, 1.807) is 32.4 Å². The molecule has 2 aromatic heterocycles. The number of halogens is 1. The Kier molecular flexibility index (Phi) is 5.57. The van der Waals surface area contributed by atoms with Gasteiger partial charge in [-0.15, -0.1) is 11.3 Å². The van der Waals surface area contributed by atoms with Crippen molar-refractivity contribution >= 4 is 46.0 Å². The van der Waals surface area contributed by atoms with Gasteiger partial charge in [-0.05, 0) is 37.3 Å². The summed E-state index contributed by atoms with van der Waals surface area (Å²) in [7, 11) is 3.57. The lowest BCUT2D eigenvalue weighted by Gasteiger charge is -2.05. The van der Waals surface area contributed by atoms with Crippen molar-refractivity contribution in [3.05, 3.63) is 69.8 Å². The first-order valence-corrected chi connectivity index (χ1v) is 10.4. The molecule has 30 heavy (non-hydrogen) atoms. The van der Waals surface area contributed by atoms with Crippen LogP contribution in [0.25, 0.3) is 21.5 Å². The van der Waals surface area contributed by atoms with Crippen LogP contribution in [-0.4, -0.2) is 28.8 Å². The van der Waals surface area contributed by atoms with Crippen molar-refractivity contribution < 1.29 is 9.53 Å². The Morgan fingerprint density at radius 2 is 2.13 bits per heavy atom. The predicted molar refractivity (Wildman–Crippen MR) is 122 cm³/mol. The van der Waals surface area contributed by atoms with Crippen molar-refractivity contribution in [2.24, 2.45) is 12.1 Å². The highest BCUT2D eigenvalue weighted by Crippen LogP contribution is 2.36. The van der Waals surface area contributed by atoms with Gasteiger partial charge < -0.3 is 9.30 Å². The lowest BCUT2D eigenvalue weighted by Crippen LogP contribution is -2.17. The number of thiazole rings is 1.